The third-order valence-electron chi connectivity index (χ3n) is 2.68. The van der Waals surface area contributed by atoms with Crippen LogP contribution in [0.1, 0.15) is 51.9 Å². The average Bonchev–Trinajstić information content (AvgIpc) is 2.37. The quantitative estimate of drug-likeness (QED) is 0.453. The van der Waals surface area contributed by atoms with E-state index < -0.39 is 12.2 Å². The first-order valence-electron chi connectivity index (χ1n) is 6.65. The summed E-state index contributed by atoms with van der Waals surface area (Å²) >= 11 is 0. The van der Waals surface area contributed by atoms with Gasteiger partial charge in [-0.15, -0.1) is 0 Å². The van der Waals surface area contributed by atoms with E-state index in [1.54, 1.807) is 0 Å². The zero-order chi connectivity index (χ0) is 13.6. The number of rotatable bonds is 8. The van der Waals surface area contributed by atoms with Gasteiger partial charge in [0, 0.05) is 6.42 Å². The molecular formula is C15H24O3. The smallest absolute Gasteiger partial charge is 0.105 e. The molecule has 0 amide bonds. The van der Waals surface area contributed by atoms with Gasteiger partial charge < -0.3 is 15.3 Å². The van der Waals surface area contributed by atoms with Gasteiger partial charge in [0.05, 0.1) is 12.2 Å². The second-order valence-corrected chi connectivity index (χ2v) is 4.30. The van der Waals surface area contributed by atoms with Crippen LogP contribution in [0.4, 0.5) is 0 Å². The van der Waals surface area contributed by atoms with Gasteiger partial charge in [0.2, 0.25) is 0 Å². The monoisotopic (exact) mass is 252 g/mol. The van der Waals surface area contributed by atoms with Gasteiger partial charge >= 0.3 is 0 Å². The summed E-state index contributed by atoms with van der Waals surface area (Å²) in [6.07, 6.45) is 5.00. The number of unbranched alkanes of at least 4 members (excludes halogenated alkanes) is 4. The number of aliphatic hydroxyl groups is 3. The fraction of sp³-hybridized carbons (Fsp3) is 0.733. The first kappa shape index (κ1) is 17.0. The molecule has 0 rings (SSSR count). The average molecular weight is 252 g/mol. The molecule has 0 aliphatic heterocycles. The highest BCUT2D eigenvalue weighted by atomic mass is 16.3. The van der Waals surface area contributed by atoms with Crippen LogP contribution in [-0.4, -0.2) is 34.1 Å². The lowest BCUT2D eigenvalue weighted by atomic mass is 10.0. The van der Waals surface area contributed by atoms with E-state index in [2.05, 4.69) is 30.6 Å². The summed E-state index contributed by atoms with van der Waals surface area (Å²) < 4.78 is 0. The predicted molar refractivity (Wildman–Crippen MR) is 72.6 cm³/mol. The molecule has 0 fully saturated rings. The number of hydrogen-bond donors (Lipinski definition) is 3. The van der Waals surface area contributed by atoms with Crippen LogP contribution in [-0.2, 0) is 0 Å². The van der Waals surface area contributed by atoms with Crippen molar-refractivity contribution >= 4 is 0 Å². The molecule has 2 unspecified atom stereocenters. The Morgan fingerprint density at radius 2 is 1.56 bits per heavy atom. The van der Waals surface area contributed by atoms with E-state index in [0.29, 0.717) is 6.42 Å². The topological polar surface area (TPSA) is 60.7 Å². The van der Waals surface area contributed by atoms with E-state index in [9.17, 15) is 10.2 Å². The van der Waals surface area contributed by atoms with E-state index in [4.69, 9.17) is 5.11 Å². The first-order chi connectivity index (χ1) is 8.72. The van der Waals surface area contributed by atoms with Crippen molar-refractivity contribution < 1.29 is 15.3 Å². The molecule has 0 saturated carbocycles. The number of aliphatic hydroxyl groups excluding tert-OH is 3. The SMILES string of the molecule is CCCCCCCC(O)C(O)CC#CC#CCO. The van der Waals surface area contributed by atoms with Crippen molar-refractivity contribution in [3.63, 3.8) is 0 Å². The Kier molecular flexibility index (Phi) is 11.8. The molecule has 0 radical (unpaired) electrons. The zero-order valence-electron chi connectivity index (χ0n) is 11.2. The molecule has 3 heteroatoms. The Morgan fingerprint density at radius 3 is 2.22 bits per heavy atom. The maximum Gasteiger partial charge on any atom is 0.105 e. The lowest BCUT2D eigenvalue weighted by Gasteiger charge is -2.15. The van der Waals surface area contributed by atoms with E-state index >= 15 is 0 Å². The van der Waals surface area contributed by atoms with Gasteiger partial charge in [-0.05, 0) is 18.3 Å². The molecule has 2 atom stereocenters. The van der Waals surface area contributed by atoms with Crippen molar-refractivity contribution in [2.24, 2.45) is 0 Å². The Hall–Kier alpha value is -1.00. The van der Waals surface area contributed by atoms with Crippen LogP contribution in [0.15, 0.2) is 0 Å². The molecular weight excluding hydrogens is 228 g/mol. The Morgan fingerprint density at radius 1 is 0.889 bits per heavy atom. The van der Waals surface area contributed by atoms with Crippen molar-refractivity contribution in [1.82, 2.24) is 0 Å². The van der Waals surface area contributed by atoms with Crippen LogP contribution in [0.5, 0.6) is 0 Å². The highest BCUT2D eigenvalue weighted by Crippen LogP contribution is 2.10. The Labute approximate surface area is 110 Å². The molecule has 0 aliphatic rings. The third kappa shape index (κ3) is 10.2. The first-order valence-corrected chi connectivity index (χ1v) is 6.65. The second-order valence-electron chi connectivity index (χ2n) is 4.30. The lowest BCUT2D eigenvalue weighted by molar-refractivity contribution is 0.0165. The number of hydrogen-bond acceptors (Lipinski definition) is 3. The summed E-state index contributed by atoms with van der Waals surface area (Å²) in [5, 5.41) is 27.7. The molecule has 3 N–H and O–H groups in total. The van der Waals surface area contributed by atoms with Crippen LogP contribution in [0, 0.1) is 23.7 Å². The van der Waals surface area contributed by atoms with Crippen LogP contribution in [0.2, 0.25) is 0 Å². The second kappa shape index (κ2) is 12.5. The molecule has 18 heavy (non-hydrogen) atoms. The minimum absolute atomic E-state index is 0.211. The highest BCUT2D eigenvalue weighted by Gasteiger charge is 2.14. The molecule has 102 valence electrons. The summed E-state index contributed by atoms with van der Waals surface area (Å²) in [5.74, 6) is 10.0. The Balaban J connectivity index is 3.67. The Bertz CT molecular complexity index is 303. The largest absolute Gasteiger partial charge is 0.390 e. The molecule has 3 nitrogen and oxygen atoms in total. The van der Waals surface area contributed by atoms with Gasteiger partial charge in [0.25, 0.3) is 0 Å². The maximum absolute atomic E-state index is 9.68. The van der Waals surface area contributed by atoms with Gasteiger partial charge in [-0.25, -0.2) is 0 Å². The molecule has 0 heterocycles. The van der Waals surface area contributed by atoms with E-state index in [-0.39, 0.29) is 13.0 Å². The van der Waals surface area contributed by atoms with Crippen molar-refractivity contribution in [1.29, 1.82) is 0 Å². The van der Waals surface area contributed by atoms with E-state index in [0.717, 1.165) is 12.8 Å². The standard InChI is InChI=1S/C15H24O3/c1-2-3-4-5-8-11-14(17)15(18)12-9-6-7-10-13-16/h14-18H,2-5,8,11-13H2,1H3. The summed E-state index contributed by atoms with van der Waals surface area (Å²) in [6, 6.07) is 0. The molecule has 0 spiro atoms. The molecule has 0 aromatic heterocycles. The van der Waals surface area contributed by atoms with Crippen molar-refractivity contribution in [2.75, 3.05) is 6.61 Å². The van der Waals surface area contributed by atoms with E-state index in [1.807, 2.05) is 0 Å². The normalized spacial score (nSPS) is 12.9. The van der Waals surface area contributed by atoms with E-state index in [1.165, 1.54) is 19.3 Å². The molecule has 0 aromatic carbocycles. The molecule has 0 saturated heterocycles. The van der Waals surface area contributed by atoms with Crippen LogP contribution in [0.25, 0.3) is 0 Å². The fourth-order valence-electron chi connectivity index (χ4n) is 1.57. The minimum atomic E-state index is -0.806. The van der Waals surface area contributed by atoms with Gasteiger partial charge in [-0.2, -0.15) is 0 Å². The predicted octanol–water partition coefficient (Wildman–Crippen LogP) is 1.46. The highest BCUT2D eigenvalue weighted by molar-refractivity contribution is 5.26. The summed E-state index contributed by atoms with van der Waals surface area (Å²) in [5.41, 5.74) is 0. The van der Waals surface area contributed by atoms with Gasteiger partial charge in [-0.3, -0.25) is 0 Å². The summed E-state index contributed by atoms with van der Waals surface area (Å²) in [7, 11) is 0. The van der Waals surface area contributed by atoms with Crippen molar-refractivity contribution in [3.05, 3.63) is 0 Å². The molecule has 0 aliphatic carbocycles. The van der Waals surface area contributed by atoms with Gasteiger partial charge in [0.1, 0.15) is 6.61 Å². The molecule has 0 aromatic rings. The third-order valence-corrected chi connectivity index (χ3v) is 2.68. The van der Waals surface area contributed by atoms with Crippen LogP contribution < -0.4 is 0 Å². The summed E-state index contributed by atoms with van der Waals surface area (Å²) in [6.45, 7) is 1.95. The van der Waals surface area contributed by atoms with Crippen molar-refractivity contribution in [3.8, 4) is 23.7 Å². The lowest BCUT2D eigenvalue weighted by Crippen LogP contribution is -2.25. The fourth-order valence-corrected chi connectivity index (χ4v) is 1.57. The van der Waals surface area contributed by atoms with Crippen LogP contribution in [0.3, 0.4) is 0 Å². The minimum Gasteiger partial charge on any atom is -0.390 e. The van der Waals surface area contributed by atoms with Crippen molar-refractivity contribution in [2.45, 2.75) is 64.1 Å². The maximum atomic E-state index is 9.68. The van der Waals surface area contributed by atoms with Gasteiger partial charge in [0.15, 0.2) is 0 Å². The zero-order valence-corrected chi connectivity index (χ0v) is 11.2. The van der Waals surface area contributed by atoms with Crippen LogP contribution >= 0.6 is 0 Å². The summed E-state index contributed by atoms with van der Waals surface area (Å²) in [4.78, 5) is 0. The van der Waals surface area contributed by atoms with Gasteiger partial charge in [-0.1, -0.05) is 50.9 Å². The molecule has 0 bridgehead atoms.